The molecular formula is C11H14N6O. The number of hydrogen-bond donors (Lipinski definition) is 2. The van der Waals surface area contributed by atoms with Gasteiger partial charge in [0.15, 0.2) is 5.82 Å². The van der Waals surface area contributed by atoms with Crippen LogP contribution in [0.4, 0.5) is 11.4 Å². The minimum Gasteiger partial charge on any atom is -0.399 e. The molecule has 1 fully saturated rings. The molecule has 7 nitrogen and oxygen atoms in total. The van der Waals surface area contributed by atoms with Crippen molar-refractivity contribution in [3.8, 4) is 11.4 Å². The molecule has 18 heavy (non-hydrogen) atoms. The Kier molecular flexibility index (Phi) is 2.60. The lowest BCUT2D eigenvalue weighted by atomic mass is 10.1. The van der Waals surface area contributed by atoms with Crippen molar-refractivity contribution in [2.45, 2.75) is 12.5 Å². The molecule has 4 N–H and O–H groups in total. The fourth-order valence-corrected chi connectivity index (χ4v) is 2.15. The second-order valence-corrected chi connectivity index (χ2v) is 4.35. The lowest BCUT2D eigenvalue weighted by Gasteiger charge is -2.10. The summed E-state index contributed by atoms with van der Waals surface area (Å²) in [5.74, 6) is 0.671. The fraction of sp³-hybridized carbons (Fsp3) is 0.364. The maximum absolute atomic E-state index is 5.79. The third-order valence-electron chi connectivity index (χ3n) is 2.98. The first-order valence-corrected chi connectivity index (χ1v) is 5.76. The van der Waals surface area contributed by atoms with Crippen LogP contribution in [0, 0.1) is 0 Å². The molecule has 7 heteroatoms. The summed E-state index contributed by atoms with van der Waals surface area (Å²) < 4.78 is 7.13. The number of aromatic nitrogens is 4. The van der Waals surface area contributed by atoms with Crippen molar-refractivity contribution >= 4 is 11.4 Å². The van der Waals surface area contributed by atoms with Crippen LogP contribution in [0.25, 0.3) is 11.4 Å². The van der Waals surface area contributed by atoms with E-state index in [1.165, 1.54) is 0 Å². The lowest BCUT2D eigenvalue weighted by Crippen LogP contribution is -2.12. The number of nitrogens with two attached hydrogens (primary N) is 2. The van der Waals surface area contributed by atoms with Crippen molar-refractivity contribution in [2.75, 3.05) is 24.7 Å². The molecule has 94 valence electrons. The molecular weight excluding hydrogens is 232 g/mol. The monoisotopic (exact) mass is 246 g/mol. The van der Waals surface area contributed by atoms with Gasteiger partial charge < -0.3 is 16.2 Å². The van der Waals surface area contributed by atoms with E-state index >= 15 is 0 Å². The fourth-order valence-electron chi connectivity index (χ4n) is 2.15. The smallest absolute Gasteiger partial charge is 0.182 e. The number of rotatable bonds is 2. The van der Waals surface area contributed by atoms with Crippen molar-refractivity contribution in [3.63, 3.8) is 0 Å². The van der Waals surface area contributed by atoms with Gasteiger partial charge in [-0.3, -0.25) is 0 Å². The van der Waals surface area contributed by atoms with Gasteiger partial charge in [0.1, 0.15) is 0 Å². The van der Waals surface area contributed by atoms with Crippen LogP contribution >= 0.6 is 0 Å². The molecule has 3 rings (SSSR count). The van der Waals surface area contributed by atoms with Crippen molar-refractivity contribution in [3.05, 3.63) is 18.2 Å². The Bertz CT molecular complexity index is 540. The summed E-state index contributed by atoms with van der Waals surface area (Å²) in [6, 6.07) is 5.51. The highest BCUT2D eigenvalue weighted by Crippen LogP contribution is 2.26. The summed E-state index contributed by atoms with van der Waals surface area (Å²) in [5.41, 5.74) is 13.6. The maximum atomic E-state index is 5.79. The zero-order valence-electron chi connectivity index (χ0n) is 9.78. The molecule has 1 aromatic carbocycles. The van der Waals surface area contributed by atoms with Crippen LogP contribution in [0.15, 0.2) is 18.2 Å². The summed E-state index contributed by atoms with van der Waals surface area (Å²) >= 11 is 0. The van der Waals surface area contributed by atoms with Gasteiger partial charge in [-0.2, -0.15) is 0 Å². The summed E-state index contributed by atoms with van der Waals surface area (Å²) in [4.78, 5) is 0. The summed E-state index contributed by atoms with van der Waals surface area (Å²) in [6.07, 6.45) is 0.913. The molecule has 1 aromatic heterocycles. The molecule has 1 atom stereocenters. The van der Waals surface area contributed by atoms with Crippen LogP contribution in [-0.2, 0) is 4.74 Å². The Morgan fingerprint density at radius 3 is 2.67 bits per heavy atom. The molecule has 1 unspecified atom stereocenters. The predicted molar refractivity (Wildman–Crippen MR) is 66.6 cm³/mol. The SMILES string of the molecule is Nc1cc(N)cc(-c2nnnn2C2CCOC2)c1. The van der Waals surface area contributed by atoms with E-state index < -0.39 is 0 Å². The van der Waals surface area contributed by atoms with Gasteiger partial charge in [-0.1, -0.05) is 0 Å². The molecule has 0 bridgehead atoms. The van der Waals surface area contributed by atoms with Crippen molar-refractivity contribution < 1.29 is 4.74 Å². The summed E-state index contributed by atoms with van der Waals surface area (Å²) in [6.45, 7) is 1.37. The molecule has 0 radical (unpaired) electrons. The van der Waals surface area contributed by atoms with Gasteiger partial charge in [0.2, 0.25) is 0 Å². The largest absolute Gasteiger partial charge is 0.399 e. The molecule has 1 aliphatic heterocycles. The number of benzene rings is 1. The lowest BCUT2D eigenvalue weighted by molar-refractivity contribution is 0.184. The van der Waals surface area contributed by atoms with E-state index in [1.54, 1.807) is 10.7 Å². The first kappa shape index (κ1) is 11.0. The zero-order valence-corrected chi connectivity index (χ0v) is 9.78. The molecule has 0 aliphatic carbocycles. The average Bonchev–Trinajstić information content (AvgIpc) is 2.98. The molecule has 1 saturated heterocycles. The summed E-state index contributed by atoms with van der Waals surface area (Å²) in [5, 5.41) is 11.8. The van der Waals surface area contributed by atoms with Crippen molar-refractivity contribution in [1.29, 1.82) is 0 Å². The molecule has 2 heterocycles. The molecule has 0 saturated carbocycles. The third-order valence-corrected chi connectivity index (χ3v) is 2.98. The van der Waals surface area contributed by atoms with Crippen molar-refractivity contribution in [2.24, 2.45) is 0 Å². The van der Waals surface area contributed by atoms with Gasteiger partial charge in [0.25, 0.3) is 0 Å². The van der Waals surface area contributed by atoms with Gasteiger partial charge in [0.05, 0.1) is 12.6 Å². The number of nitrogen functional groups attached to an aromatic ring is 2. The van der Waals surface area contributed by atoms with Crippen LogP contribution in [0.5, 0.6) is 0 Å². The highest BCUT2D eigenvalue weighted by molar-refractivity contribution is 5.67. The molecule has 2 aromatic rings. The Hall–Kier alpha value is -2.15. The number of anilines is 2. The van der Waals surface area contributed by atoms with Gasteiger partial charge in [-0.15, -0.1) is 5.10 Å². The topological polar surface area (TPSA) is 105 Å². The van der Waals surface area contributed by atoms with Crippen molar-refractivity contribution in [1.82, 2.24) is 20.2 Å². The molecule has 1 aliphatic rings. The number of ether oxygens (including phenoxy) is 1. The first-order valence-electron chi connectivity index (χ1n) is 5.76. The Morgan fingerprint density at radius 2 is 2.00 bits per heavy atom. The van der Waals surface area contributed by atoms with E-state index in [0.717, 1.165) is 18.6 Å². The maximum Gasteiger partial charge on any atom is 0.182 e. The van der Waals surface area contributed by atoms with E-state index in [4.69, 9.17) is 16.2 Å². The zero-order chi connectivity index (χ0) is 12.5. The van der Waals surface area contributed by atoms with Crippen LogP contribution < -0.4 is 11.5 Å². The van der Waals surface area contributed by atoms with E-state index in [-0.39, 0.29) is 6.04 Å². The highest BCUT2D eigenvalue weighted by atomic mass is 16.5. The standard InChI is InChI=1S/C11H14N6O/c12-8-3-7(4-9(13)5-8)11-14-15-16-17(11)10-1-2-18-6-10/h3-5,10H,1-2,6,12-13H2. The van der Waals surface area contributed by atoms with Gasteiger partial charge >= 0.3 is 0 Å². The Morgan fingerprint density at radius 1 is 1.22 bits per heavy atom. The molecule has 0 amide bonds. The number of hydrogen-bond acceptors (Lipinski definition) is 6. The minimum absolute atomic E-state index is 0.178. The van der Waals surface area contributed by atoms with Crippen LogP contribution in [0.3, 0.4) is 0 Å². The van der Waals surface area contributed by atoms with Gasteiger partial charge in [-0.25, -0.2) is 4.68 Å². The van der Waals surface area contributed by atoms with E-state index in [2.05, 4.69) is 15.5 Å². The normalized spacial score (nSPS) is 19.2. The van der Waals surface area contributed by atoms with Crippen LogP contribution in [-0.4, -0.2) is 33.4 Å². The van der Waals surface area contributed by atoms with E-state index in [1.807, 2.05) is 12.1 Å². The second-order valence-electron chi connectivity index (χ2n) is 4.35. The van der Waals surface area contributed by atoms with Crippen LogP contribution in [0.1, 0.15) is 12.5 Å². The average molecular weight is 246 g/mol. The minimum atomic E-state index is 0.178. The number of nitrogens with zero attached hydrogens (tertiary/aromatic N) is 4. The van der Waals surface area contributed by atoms with Crippen LogP contribution in [0.2, 0.25) is 0 Å². The Labute approximate surface area is 104 Å². The van der Waals surface area contributed by atoms with Gasteiger partial charge in [-0.05, 0) is 35.0 Å². The first-order chi connectivity index (χ1) is 8.74. The highest BCUT2D eigenvalue weighted by Gasteiger charge is 2.22. The molecule has 0 spiro atoms. The van der Waals surface area contributed by atoms with E-state index in [9.17, 15) is 0 Å². The summed E-state index contributed by atoms with van der Waals surface area (Å²) in [7, 11) is 0. The van der Waals surface area contributed by atoms with E-state index in [0.29, 0.717) is 23.8 Å². The third kappa shape index (κ3) is 1.88. The Balaban J connectivity index is 2.03. The quantitative estimate of drug-likeness (QED) is 0.746. The second kappa shape index (κ2) is 4.26. The van der Waals surface area contributed by atoms with Gasteiger partial charge in [0, 0.05) is 23.5 Å². The predicted octanol–water partition coefficient (Wildman–Crippen LogP) is 0.466. The number of tetrazole rings is 1.